The van der Waals surface area contributed by atoms with Gasteiger partial charge < -0.3 is 9.84 Å². The first-order chi connectivity index (χ1) is 10.8. The van der Waals surface area contributed by atoms with Crippen LogP contribution in [0.5, 0.6) is 0 Å². The third-order valence-electron chi connectivity index (χ3n) is 5.22. The molecule has 3 aliphatic rings. The molecule has 0 unspecified atom stereocenters. The van der Waals surface area contributed by atoms with Gasteiger partial charge in [-0.1, -0.05) is 29.8 Å². The maximum absolute atomic E-state index is 12.9. The first-order valence-electron chi connectivity index (χ1n) is 7.48. The van der Waals surface area contributed by atoms with E-state index in [9.17, 15) is 14.7 Å². The Morgan fingerprint density at radius 3 is 2.61 bits per heavy atom. The number of imide groups is 1. The van der Waals surface area contributed by atoms with Gasteiger partial charge in [0.05, 0.1) is 29.7 Å². The van der Waals surface area contributed by atoms with Gasteiger partial charge in [0, 0.05) is 5.02 Å². The van der Waals surface area contributed by atoms with Crippen molar-refractivity contribution in [3.05, 3.63) is 40.9 Å². The summed E-state index contributed by atoms with van der Waals surface area (Å²) in [5.74, 6) is -1.97. The van der Waals surface area contributed by atoms with Crippen LogP contribution in [0.15, 0.2) is 30.4 Å². The molecule has 2 bridgehead atoms. The number of carbonyl (C=O) groups is 2. The summed E-state index contributed by atoms with van der Waals surface area (Å²) in [5.41, 5.74) is -0.627. The molecule has 1 aromatic rings. The van der Waals surface area contributed by atoms with Gasteiger partial charge in [0.15, 0.2) is 0 Å². The van der Waals surface area contributed by atoms with Crippen molar-refractivity contribution in [3.63, 3.8) is 0 Å². The Bertz CT molecular complexity index is 776. The number of fused-ring (bicyclic) bond motifs is 5. The van der Waals surface area contributed by atoms with Gasteiger partial charge in [0.2, 0.25) is 11.8 Å². The molecule has 2 amide bonds. The maximum Gasteiger partial charge on any atom is 0.241 e. The summed E-state index contributed by atoms with van der Waals surface area (Å²) in [7, 11) is 0. The lowest BCUT2D eigenvalue weighted by Gasteiger charge is -2.27. The molecule has 2 saturated heterocycles. The average molecular weight is 334 g/mol. The number of nitrogens with zero attached hydrogens (tertiary/aromatic N) is 1. The van der Waals surface area contributed by atoms with E-state index >= 15 is 0 Å². The smallest absolute Gasteiger partial charge is 0.241 e. The molecule has 2 fully saturated rings. The summed E-state index contributed by atoms with van der Waals surface area (Å²) < 4.78 is 5.88. The van der Waals surface area contributed by atoms with Gasteiger partial charge in [0.1, 0.15) is 5.60 Å². The Morgan fingerprint density at radius 2 is 1.96 bits per heavy atom. The molecule has 4 atom stereocenters. The summed E-state index contributed by atoms with van der Waals surface area (Å²) >= 11 is 6.13. The Labute approximate surface area is 138 Å². The van der Waals surface area contributed by atoms with Crippen molar-refractivity contribution in [1.82, 2.24) is 0 Å². The van der Waals surface area contributed by atoms with E-state index < -0.39 is 23.0 Å². The summed E-state index contributed by atoms with van der Waals surface area (Å²) in [6.07, 6.45) is 3.49. The number of aliphatic hydroxyl groups excluding tert-OH is 1. The monoisotopic (exact) mass is 333 g/mol. The van der Waals surface area contributed by atoms with Crippen LogP contribution in [0.4, 0.5) is 5.69 Å². The fourth-order valence-corrected chi connectivity index (χ4v) is 4.19. The predicted octanol–water partition coefficient (Wildman–Crippen LogP) is 1.84. The Kier molecular flexibility index (Phi) is 2.87. The van der Waals surface area contributed by atoms with Crippen molar-refractivity contribution < 1.29 is 19.4 Å². The van der Waals surface area contributed by atoms with Crippen LogP contribution in [0, 0.1) is 18.8 Å². The molecule has 23 heavy (non-hydrogen) atoms. The molecule has 1 aromatic carbocycles. The normalized spacial score (nSPS) is 37.8. The van der Waals surface area contributed by atoms with Gasteiger partial charge in [-0.15, -0.1) is 0 Å². The molecule has 0 radical (unpaired) electrons. The Morgan fingerprint density at radius 1 is 1.26 bits per heavy atom. The number of anilines is 1. The van der Waals surface area contributed by atoms with Gasteiger partial charge in [-0.05, 0) is 31.5 Å². The van der Waals surface area contributed by atoms with E-state index in [-0.39, 0.29) is 18.4 Å². The lowest BCUT2D eigenvalue weighted by Crippen LogP contribution is -2.43. The number of hydrogen-bond acceptors (Lipinski definition) is 4. The van der Waals surface area contributed by atoms with Crippen molar-refractivity contribution in [2.75, 3.05) is 11.5 Å². The zero-order chi connectivity index (χ0) is 16.6. The molecular formula is C17H16ClNO4. The summed E-state index contributed by atoms with van der Waals surface area (Å²) in [6.45, 7) is 3.30. The molecule has 3 aliphatic heterocycles. The van der Waals surface area contributed by atoms with E-state index in [1.54, 1.807) is 37.3 Å². The molecule has 3 heterocycles. The zero-order valence-corrected chi connectivity index (χ0v) is 13.5. The number of rotatable bonds is 2. The van der Waals surface area contributed by atoms with Gasteiger partial charge in [-0.3, -0.25) is 9.59 Å². The van der Waals surface area contributed by atoms with Crippen molar-refractivity contribution in [3.8, 4) is 0 Å². The van der Waals surface area contributed by atoms with E-state index in [2.05, 4.69) is 0 Å². The lowest BCUT2D eigenvalue weighted by molar-refractivity contribution is -0.131. The lowest BCUT2D eigenvalue weighted by atomic mass is 9.73. The Balaban J connectivity index is 1.81. The largest absolute Gasteiger partial charge is 0.393 e. The minimum absolute atomic E-state index is 0.304. The van der Waals surface area contributed by atoms with Crippen molar-refractivity contribution in [2.45, 2.75) is 25.0 Å². The van der Waals surface area contributed by atoms with Crippen LogP contribution in [0.3, 0.4) is 0 Å². The topological polar surface area (TPSA) is 66.8 Å². The second kappa shape index (κ2) is 4.44. The molecular weight excluding hydrogens is 318 g/mol. The standard InChI is InChI=1S/C17H16ClNO4/c1-9-3-4-10(7-11(9)18)19-14(21)12-13(15(19)22)17(8-20)6-5-16(12,2)23-17/h3-7,12-13,20H,8H2,1-2H3/t12-,13+,16-,17+/m0/s1. The predicted molar refractivity (Wildman–Crippen MR) is 84.1 cm³/mol. The molecule has 6 heteroatoms. The van der Waals surface area contributed by atoms with Gasteiger partial charge in [0.25, 0.3) is 0 Å². The van der Waals surface area contributed by atoms with Crippen LogP contribution >= 0.6 is 11.6 Å². The highest BCUT2D eigenvalue weighted by molar-refractivity contribution is 6.32. The number of aliphatic hydroxyl groups is 1. The second-order valence-electron chi connectivity index (χ2n) is 6.63. The van der Waals surface area contributed by atoms with E-state index in [1.807, 2.05) is 6.92 Å². The quantitative estimate of drug-likeness (QED) is 0.662. The third-order valence-corrected chi connectivity index (χ3v) is 5.62. The van der Waals surface area contributed by atoms with Crippen LogP contribution in [-0.2, 0) is 14.3 Å². The molecule has 120 valence electrons. The number of halogens is 1. The van der Waals surface area contributed by atoms with Crippen LogP contribution in [-0.4, -0.2) is 34.7 Å². The maximum atomic E-state index is 12.9. The minimum atomic E-state index is -1.10. The number of aryl methyl sites for hydroxylation is 1. The van der Waals surface area contributed by atoms with E-state index in [0.29, 0.717) is 10.7 Å². The van der Waals surface area contributed by atoms with Crippen molar-refractivity contribution in [1.29, 1.82) is 0 Å². The summed E-state index contributed by atoms with van der Waals surface area (Å²) in [4.78, 5) is 27.0. The van der Waals surface area contributed by atoms with Crippen LogP contribution < -0.4 is 4.90 Å². The molecule has 1 N–H and O–H groups in total. The van der Waals surface area contributed by atoms with Gasteiger partial charge in [-0.25, -0.2) is 4.90 Å². The van der Waals surface area contributed by atoms with Crippen LogP contribution in [0.25, 0.3) is 0 Å². The number of ether oxygens (including phenoxy) is 1. The third kappa shape index (κ3) is 1.70. The highest BCUT2D eigenvalue weighted by atomic mass is 35.5. The number of amides is 2. The second-order valence-corrected chi connectivity index (χ2v) is 7.04. The number of hydrogen-bond donors (Lipinski definition) is 1. The Hall–Kier alpha value is -1.69. The molecule has 0 saturated carbocycles. The number of benzene rings is 1. The van der Waals surface area contributed by atoms with Crippen LogP contribution in [0.2, 0.25) is 5.02 Å². The highest BCUT2D eigenvalue weighted by Crippen LogP contribution is 2.57. The van der Waals surface area contributed by atoms with Crippen LogP contribution in [0.1, 0.15) is 12.5 Å². The van der Waals surface area contributed by atoms with E-state index in [1.165, 1.54) is 4.90 Å². The fraction of sp³-hybridized carbons (Fsp3) is 0.412. The van der Waals surface area contributed by atoms with Gasteiger partial charge >= 0.3 is 0 Å². The highest BCUT2D eigenvalue weighted by Gasteiger charge is 2.72. The molecule has 4 rings (SSSR count). The number of carbonyl (C=O) groups excluding carboxylic acids is 2. The van der Waals surface area contributed by atoms with E-state index in [0.717, 1.165) is 5.56 Å². The summed E-state index contributed by atoms with van der Waals surface area (Å²) in [5, 5.41) is 10.3. The first-order valence-corrected chi connectivity index (χ1v) is 7.86. The zero-order valence-electron chi connectivity index (χ0n) is 12.7. The fourth-order valence-electron chi connectivity index (χ4n) is 4.02. The first kappa shape index (κ1) is 14.9. The average Bonchev–Trinajstić information content (AvgIpc) is 3.09. The van der Waals surface area contributed by atoms with Crippen molar-refractivity contribution in [2.24, 2.45) is 11.8 Å². The van der Waals surface area contributed by atoms with Crippen molar-refractivity contribution >= 4 is 29.1 Å². The molecule has 0 aromatic heterocycles. The van der Waals surface area contributed by atoms with E-state index in [4.69, 9.17) is 16.3 Å². The molecule has 0 aliphatic carbocycles. The van der Waals surface area contributed by atoms with Gasteiger partial charge in [-0.2, -0.15) is 0 Å². The molecule has 0 spiro atoms. The minimum Gasteiger partial charge on any atom is -0.393 e. The molecule has 5 nitrogen and oxygen atoms in total. The summed E-state index contributed by atoms with van der Waals surface area (Å²) in [6, 6.07) is 5.11. The SMILES string of the molecule is Cc1ccc(N2C(=O)[C@@H]3[C@H](C2=O)[C@]2(CO)C=C[C@]3(C)O2)cc1Cl.